The summed E-state index contributed by atoms with van der Waals surface area (Å²) in [5.74, 6) is 1.01. The molecule has 0 spiro atoms. The van der Waals surface area contributed by atoms with Crippen molar-refractivity contribution in [1.82, 2.24) is 10.6 Å². The van der Waals surface area contributed by atoms with Crippen LogP contribution in [0.15, 0.2) is 0 Å². The van der Waals surface area contributed by atoms with Gasteiger partial charge >= 0.3 is 0 Å². The minimum Gasteiger partial charge on any atom is -0.356 e. The molecule has 1 rings (SSSR count). The second-order valence-corrected chi connectivity index (χ2v) is 6.51. The minimum absolute atomic E-state index is 0.0955. The molecule has 1 fully saturated rings. The fourth-order valence-corrected chi connectivity index (χ4v) is 2.53. The van der Waals surface area contributed by atoms with Crippen molar-refractivity contribution in [3.05, 3.63) is 0 Å². The van der Waals surface area contributed by atoms with Gasteiger partial charge in [-0.2, -0.15) is 0 Å². The van der Waals surface area contributed by atoms with E-state index in [1.54, 1.807) is 0 Å². The molecule has 0 aromatic heterocycles. The number of rotatable bonds is 6. The molecule has 4 heteroatoms. The minimum atomic E-state index is 0.0955. The van der Waals surface area contributed by atoms with Gasteiger partial charge in [-0.05, 0) is 44.9 Å². The Kier molecular flexibility index (Phi) is 7.03. The highest BCUT2D eigenvalue weighted by Gasteiger charge is 2.30. The first kappa shape index (κ1) is 17.0. The van der Waals surface area contributed by atoms with E-state index in [0.717, 1.165) is 38.6 Å². The Labute approximate surface area is 123 Å². The maximum absolute atomic E-state index is 12.0. The van der Waals surface area contributed by atoms with Crippen LogP contribution >= 0.6 is 0 Å². The van der Waals surface area contributed by atoms with Crippen LogP contribution in [0.1, 0.15) is 59.8 Å². The Morgan fingerprint density at radius 3 is 1.95 bits per heavy atom. The molecule has 1 atom stereocenters. The van der Waals surface area contributed by atoms with Gasteiger partial charge in [0.25, 0.3) is 0 Å². The molecule has 1 aliphatic rings. The van der Waals surface area contributed by atoms with Crippen molar-refractivity contribution >= 4 is 11.8 Å². The van der Waals surface area contributed by atoms with Crippen molar-refractivity contribution in [3.8, 4) is 0 Å². The third-order valence-electron chi connectivity index (χ3n) is 4.15. The van der Waals surface area contributed by atoms with Gasteiger partial charge in [-0.3, -0.25) is 9.59 Å². The van der Waals surface area contributed by atoms with Crippen molar-refractivity contribution in [2.24, 2.45) is 17.8 Å². The third-order valence-corrected chi connectivity index (χ3v) is 4.15. The molecule has 0 radical (unpaired) electrons. The van der Waals surface area contributed by atoms with Gasteiger partial charge in [-0.1, -0.05) is 20.8 Å². The Morgan fingerprint density at radius 1 is 1.00 bits per heavy atom. The fraction of sp³-hybridized carbons (Fsp3) is 0.875. The highest BCUT2D eigenvalue weighted by Crippen LogP contribution is 2.29. The molecule has 0 aliphatic heterocycles. The highest BCUT2D eigenvalue weighted by atomic mass is 16.2. The van der Waals surface area contributed by atoms with Crippen molar-refractivity contribution < 1.29 is 9.59 Å². The van der Waals surface area contributed by atoms with Gasteiger partial charge < -0.3 is 10.6 Å². The molecule has 1 saturated carbocycles. The molecule has 0 aromatic rings. The Balaban J connectivity index is 2.32. The molecular weight excluding hydrogens is 252 g/mol. The number of carbonyl (C=O) groups excluding carboxylic acids is 2. The van der Waals surface area contributed by atoms with Gasteiger partial charge in [0.05, 0.1) is 0 Å². The predicted octanol–water partition coefficient (Wildman–Crippen LogP) is 2.48. The summed E-state index contributed by atoms with van der Waals surface area (Å²) < 4.78 is 0. The molecule has 0 bridgehead atoms. The van der Waals surface area contributed by atoms with Crippen LogP contribution in [0, 0.1) is 17.8 Å². The van der Waals surface area contributed by atoms with Crippen LogP contribution in [0.25, 0.3) is 0 Å². The van der Waals surface area contributed by atoms with Crippen LogP contribution in [0.2, 0.25) is 0 Å². The van der Waals surface area contributed by atoms with E-state index in [0.29, 0.717) is 5.92 Å². The molecule has 0 aromatic carbocycles. The summed E-state index contributed by atoms with van der Waals surface area (Å²) in [5.41, 5.74) is 0. The maximum Gasteiger partial charge on any atom is 0.223 e. The summed E-state index contributed by atoms with van der Waals surface area (Å²) in [6.07, 6.45) is 4.30. The van der Waals surface area contributed by atoms with Gasteiger partial charge in [0.1, 0.15) is 0 Å². The standard InChI is InChI=1S/C16H30N2O2/c1-5-12(4)18-16(20)14-8-6-13(7-9-14)15(19)17-10-11(2)3/h11-14H,5-10H2,1-4H3,(H,17,19)(H,18,20). The second kappa shape index (κ2) is 8.28. The quantitative estimate of drug-likeness (QED) is 0.786. The monoisotopic (exact) mass is 282 g/mol. The Bertz CT molecular complexity index is 320. The number of nitrogens with one attached hydrogen (secondary N) is 2. The summed E-state index contributed by atoms with van der Waals surface area (Å²) in [4.78, 5) is 24.0. The molecule has 1 aliphatic carbocycles. The van der Waals surface area contributed by atoms with Gasteiger partial charge in [0, 0.05) is 24.4 Å². The Morgan fingerprint density at radius 2 is 1.50 bits per heavy atom. The molecular formula is C16H30N2O2. The summed E-state index contributed by atoms with van der Waals surface area (Å²) in [6, 6.07) is 0.245. The first-order chi connectivity index (χ1) is 9.43. The molecule has 116 valence electrons. The molecule has 0 saturated heterocycles. The van der Waals surface area contributed by atoms with Crippen LogP contribution < -0.4 is 10.6 Å². The first-order valence-electron chi connectivity index (χ1n) is 8.02. The van der Waals surface area contributed by atoms with Crippen LogP contribution in [-0.4, -0.2) is 24.4 Å². The van der Waals surface area contributed by atoms with Crippen molar-refractivity contribution in [3.63, 3.8) is 0 Å². The van der Waals surface area contributed by atoms with E-state index in [4.69, 9.17) is 0 Å². The van der Waals surface area contributed by atoms with Crippen molar-refractivity contribution in [2.45, 2.75) is 65.8 Å². The molecule has 0 heterocycles. The molecule has 20 heavy (non-hydrogen) atoms. The lowest BCUT2D eigenvalue weighted by molar-refractivity contribution is -0.130. The number of carbonyl (C=O) groups is 2. The smallest absolute Gasteiger partial charge is 0.223 e. The van der Waals surface area contributed by atoms with E-state index < -0.39 is 0 Å². The lowest BCUT2D eigenvalue weighted by atomic mass is 9.81. The van der Waals surface area contributed by atoms with E-state index in [-0.39, 0.29) is 29.7 Å². The van der Waals surface area contributed by atoms with Crippen LogP contribution in [0.4, 0.5) is 0 Å². The fourth-order valence-electron chi connectivity index (χ4n) is 2.53. The maximum atomic E-state index is 12.0. The van der Waals surface area contributed by atoms with Crippen LogP contribution in [-0.2, 0) is 9.59 Å². The predicted molar refractivity (Wildman–Crippen MR) is 81.2 cm³/mol. The summed E-state index contributed by atoms with van der Waals surface area (Å²) in [7, 11) is 0. The average molecular weight is 282 g/mol. The van der Waals surface area contributed by atoms with Crippen LogP contribution in [0.3, 0.4) is 0 Å². The van der Waals surface area contributed by atoms with Gasteiger partial charge in [-0.15, -0.1) is 0 Å². The van der Waals surface area contributed by atoms with Gasteiger partial charge in [-0.25, -0.2) is 0 Å². The third kappa shape index (κ3) is 5.51. The molecule has 2 amide bonds. The summed E-state index contributed by atoms with van der Waals surface area (Å²) in [6.45, 7) is 9.03. The van der Waals surface area contributed by atoms with E-state index in [9.17, 15) is 9.59 Å². The normalized spacial score (nSPS) is 24.2. The molecule has 4 nitrogen and oxygen atoms in total. The SMILES string of the molecule is CCC(C)NC(=O)C1CCC(C(=O)NCC(C)C)CC1. The zero-order valence-corrected chi connectivity index (χ0v) is 13.4. The topological polar surface area (TPSA) is 58.2 Å². The summed E-state index contributed by atoms with van der Waals surface area (Å²) in [5, 5.41) is 6.04. The van der Waals surface area contributed by atoms with Crippen molar-refractivity contribution in [2.75, 3.05) is 6.54 Å². The lowest BCUT2D eigenvalue weighted by Crippen LogP contribution is -2.40. The number of amides is 2. The number of hydrogen-bond donors (Lipinski definition) is 2. The largest absolute Gasteiger partial charge is 0.356 e. The van der Waals surface area contributed by atoms with Gasteiger partial charge in [0.15, 0.2) is 0 Å². The first-order valence-corrected chi connectivity index (χ1v) is 8.02. The van der Waals surface area contributed by atoms with E-state index in [2.05, 4.69) is 31.4 Å². The van der Waals surface area contributed by atoms with E-state index >= 15 is 0 Å². The van der Waals surface area contributed by atoms with E-state index in [1.807, 2.05) is 6.92 Å². The summed E-state index contributed by atoms with van der Waals surface area (Å²) >= 11 is 0. The average Bonchev–Trinajstić information content (AvgIpc) is 2.44. The van der Waals surface area contributed by atoms with Crippen molar-refractivity contribution in [1.29, 1.82) is 0 Å². The molecule has 2 N–H and O–H groups in total. The zero-order valence-electron chi connectivity index (χ0n) is 13.4. The highest BCUT2D eigenvalue weighted by molar-refractivity contribution is 5.81. The second-order valence-electron chi connectivity index (χ2n) is 6.51. The van der Waals surface area contributed by atoms with Gasteiger partial charge in [0.2, 0.25) is 11.8 Å². The zero-order chi connectivity index (χ0) is 15.1. The van der Waals surface area contributed by atoms with E-state index in [1.165, 1.54) is 0 Å². The number of hydrogen-bond acceptors (Lipinski definition) is 2. The lowest BCUT2D eigenvalue weighted by Gasteiger charge is -2.28. The molecule has 1 unspecified atom stereocenters. The van der Waals surface area contributed by atoms with Crippen LogP contribution in [0.5, 0.6) is 0 Å². The Hall–Kier alpha value is -1.06.